The minimum Gasteiger partial charge on any atom is -0.497 e. The fraction of sp³-hybridized carbons (Fsp3) is 0.202. The molecule has 10 aromatic carbocycles. The third-order valence-corrected chi connectivity index (χ3v) is 21.9. The van der Waals surface area contributed by atoms with Crippen LogP contribution >= 0.6 is 0 Å². The number of methoxy groups -OCH3 is 7. The number of aliphatic hydroxyl groups excluding tert-OH is 1. The number of pyridine rings is 5. The number of anilines is 5. The van der Waals surface area contributed by atoms with Gasteiger partial charge in [0.1, 0.15) is 57.8 Å². The maximum absolute atomic E-state index is 9.64. The van der Waals surface area contributed by atoms with Crippen LogP contribution in [0, 0.1) is 0 Å². The summed E-state index contributed by atoms with van der Waals surface area (Å²) in [5.74, 6) is 8.69. The summed E-state index contributed by atoms with van der Waals surface area (Å²) in [5.41, 5.74) is 49.8. The SMILES string of the molecule is C=CCc1cccc(CC(c2ccc(OC)cc2)c2cccc(N)n2)c1.CCCc1cccc(CC(c2ccc(OC)cc2)c2cccc(N)n2)c1.COc1ccc(C(Cc2ccccc2)c2cccc(N)n2)cc1CO.COc1ccc(C(Cc2ccccc2)c2cccc(N)n2)cc1OC.COc1ccc(CC(c2ccc(OC)cc2)c2cccc(N)n2)cc1. The lowest BCUT2D eigenvalue weighted by molar-refractivity contribution is 0.273. The second kappa shape index (κ2) is 48.3. The number of hydrogen-bond donors (Lipinski definition) is 6. The molecule has 5 unspecified atom stereocenters. The molecule has 127 heavy (non-hydrogen) atoms. The van der Waals surface area contributed by atoms with Gasteiger partial charge < -0.3 is 66.9 Å². The van der Waals surface area contributed by atoms with Crippen molar-refractivity contribution in [1.82, 2.24) is 24.9 Å². The van der Waals surface area contributed by atoms with Crippen molar-refractivity contribution in [3.63, 3.8) is 0 Å². The molecule has 0 radical (unpaired) electrons. The Morgan fingerprint density at radius 3 is 0.890 bits per heavy atom. The predicted octanol–water partition coefficient (Wildman–Crippen LogP) is 21.4. The van der Waals surface area contributed by atoms with Gasteiger partial charge in [-0.2, -0.15) is 0 Å². The fourth-order valence-electron chi connectivity index (χ4n) is 15.4. The van der Waals surface area contributed by atoms with Gasteiger partial charge in [-0.3, -0.25) is 0 Å². The molecule has 0 spiro atoms. The Bertz CT molecular complexity index is 5730. The number of ether oxygens (including phenoxy) is 7. The van der Waals surface area contributed by atoms with Crippen molar-refractivity contribution in [2.45, 2.75) is 94.5 Å². The van der Waals surface area contributed by atoms with E-state index >= 15 is 0 Å². The number of aryl methyl sites for hydroxylation is 1. The lowest BCUT2D eigenvalue weighted by Gasteiger charge is -2.19. The molecule has 5 aromatic heterocycles. The summed E-state index contributed by atoms with van der Waals surface area (Å²) in [7, 11) is 11.6. The first-order valence-corrected chi connectivity index (χ1v) is 42.5. The fourth-order valence-corrected chi connectivity index (χ4v) is 15.4. The van der Waals surface area contributed by atoms with E-state index in [1.807, 2.05) is 194 Å². The van der Waals surface area contributed by atoms with E-state index < -0.39 is 0 Å². The minimum atomic E-state index is -0.0700. The molecule has 0 saturated heterocycles. The van der Waals surface area contributed by atoms with Crippen LogP contribution in [0.4, 0.5) is 29.1 Å². The van der Waals surface area contributed by atoms with Crippen LogP contribution in [-0.4, -0.2) is 79.8 Å². The molecule has 15 rings (SSSR count). The van der Waals surface area contributed by atoms with E-state index in [4.69, 9.17) is 61.8 Å². The summed E-state index contributed by atoms with van der Waals surface area (Å²) in [4.78, 5) is 22.8. The zero-order chi connectivity index (χ0) is 89.7. The Morgan fingerprint density at radius 1 is 0.276 bits per heavy atom. The van der Waals surface area contributed by atoms with Gasteiger partial charge in [0, 0.05) is 35.2 Å². The number of hydrogen-bond acceptors (Lipinski definition) is 18. The average molecular weight is 1690 g/mol. The van der Waals surface area contributed by atoms with E-state index in [9.17, 15) is 5.11 Å². The topological polar surface area (TPSA) is 279 Å². The van der Waals surface area contributed by atoms with Gasteiger partial charge in [-0.05, 0) is 245 Å². The number of benzene rings is 10. The molecule has 0 aliphatic carbocycles. The highest BCUT2D eigenvalue weighted by Crippen LogP contribution is 2.38. The maximum Gasteiger partial charge on any atom is 0.161 e. The second-order valence-electron chi connectivity index (χ2n) is 30.6. The third kappa shape index (κ3) is 27.6. The Morgan fingerprint density at radius 2 is 0.559 bits per heavy atom. The van der Waals surface area contributed by atoms with Crippen LogP contribution in [0.25, 0.3) is 0 Å². The van der Waals surface area contributed by atoms with Crippen molar-refractivity contribution in [3.8, 4) is 40.2 Å². The number of aliphatic hydroxyl groups is 1. The van der Waals surface area contributed by atoms with Crippen LogP contribution < -0.4 is 61.8 Å². The third-order valence-electron chi connectivity index (χ3n) is 21.9. The summed E-state index contributed by atoms with van der Waals surface area (Å²) in [6, 6.07) is 112. The predicted molar refractivity (Wildman–Crippen MR) is 515 cm³/mol. The first-order valence-electron chi connectivity index (χ1n) is 42.5. The molecule has 18 nitrogen and oxygen atoms in total. The van der Waals surface area contributed by atoms with Gasteiger partial charge in [-0.1, -0.05) is 220 Å². The Kier molecular flexibility index (Phi) is 35.4. The summed E-state index contributed by atoms with van der Waals surface area (Å²) in [6.07, 6.45) is 9.26. The highest BCUT2D eigenvalue weighted by molar-refractivity contribution is 5.50. The van der Waals surface area contributed by atoms with Gasteiger partial charge >= 0.3 is 0 Å². The molecular weight excluding hydrogens is 1580 g/mol. The first kappa shape index (κ1) is 93.0. The molecule has 0 saturated carbocycles. The van der Waals surface area contributed by atoms with Gasteiger partial charge in [0.05, 0.1) is 84.8 Å². The van der Waals surface area contributed by atoms with E-state index in [1.54, 1.807) is 61.9 Å². The Labute approximate surface area is 748 Å². The van der Waals surface area contributed by atoms with Gasteiger partial charge in [0.2, 0.25) is 0 Å². The van der Waals surface area contributed by atoms with E-state index in [-0.39, 0.29) is 36.2 Å². The van der Waals surface area contributed by atoms with Gasteiger partial charge in [0.15, 0.2) is 11.5 Å². The summed E-state index contributed by atoms with van der Waals surface area (Å²) >= 11 is 0. The molecule has 5 atom stereocenters. The van der Waals surface area contributed by atoms with Crippen LogP contribution in [0.5, 0.6) is 40.2 Å². The molecule has 15 aromatic rings. The molecule has 18 heteroatoms. The van der Waals surface area contributed by atoms with Gasteiger partial charge in [0.25, 0.3) is 0 Å². The minimum absolute atomic E-state index is 0.0436. The van der Waals surface area contributed by atoms with Crippen molar-refractivity contribution in [2.75, 3.05) is 78.4 Å². The van der Waals surface area contributed by atoms with Crippen molar-refractivity contribution >= 4 is 29.1 Å². The lowest BCUT2D eigenvalue weighted by Crippen LogP contribution is -2.09. The summed E-state index contributed by atoms with van der Waals surface area (Å²) < 4.78 is 37.2. The Hall–Kier alpha value is -14.8. The van der Waals surface area contributed by atoms with Crippen LogP contribution in [0.3, 0.4) is 0 Å². The monoisotopic (exact) mass is 1690 g/mol. The molecule has 0 aliphatic rings. The molecule has 650 valence electrons. The van der Waals surface area contributed by atoms with Crippen molar-refractivity contribution in [1.29, 1.82) is 0 Å². The molecule has 11 N–H and O–H groups in total. The molecule has 0 aliphatic heterocycles. The number of nitrogen functional groups attached to an aromatic ring is 5. The molecule has 0 fully saturated rings. The van der Waals surface area contributed by atoms with Crippen LogP contribution in [-0.2, 0) is 51.6 Å². The summed E-state index contributed by atoms with van der Waals surface area (Å²) in [5, 5.41) is 9.64. The normalized spacial score (nSPS) is 11.8. The standard InChI is InChI=1S/C23H26N2O.C23H24N2O.3C21H22N2O2/c2*1-3-6-17-7-4-8-18(15-17)16-21(22-9-5-10-23(24)25-22)19-11-13-20(26-2)14-12-19;1-24-17-10-6-15(7-11-17)14-19(20-4-3-5-21(22)23-20)16-8-12-18(25-2)13-9-16;1-24-19-12-11-16(14-20(19)25-2)17(13-15-7-4-3-5-8-15)18-9-6-10-21(22)23-18;1-25-20-11-10-16(13-17(20)14-24)18(12-15-6-3-2-4-7-15)19-8-5-9-21(22)23-19/h4-5,7-15,21H,3,6,16H2,1-2H3,(H2,24,25);3-5,7-15,21H,1,6,16H2,2H3,(H2,24,25);3-13,19H,14H2,1-2H3,(H2,22,23);3-12,14,17H,13H2,1-2H3,(H2,22,23);2-11,13,18,24H,12,14H2,1H3,(H2,22,23). The van der Waals surface area contributed by atoms with Gasteiger partial charge in [-0.15, -0.1) is 6.58 Å². The average Bonchev–Trinajstić information content (AvgIpc) is 0.830. The zero-order valence-electron chi connectivity index (χ0n) is 73.7. The van der Waals surface area contributed by atoms with Gasteiger partial charge in [-0.25, -0.2) is 24.9 Å². The molecule has 0 bridgehead atoms. The van der Waals surface area contributed by atoms with E-state index in [0.717, 1.165) is 120 Å². The van der Waals surface area contributed by atoms with E-state index in [2.05, 4.69) is 172 Å². The highest BCUT2D eigenvalue weighted by Gasteiger charge is 2.24. The number of nitrogens with zero attached hydrogens (tertiary/aromatic N) is 5. The maximum atomic E-state index is 9.64. The van der Waals surface area contributed by atoms with Crippen LogP contribution in [0.2, 0.25) is 0 Å². The smallest absolute Gasteiger partial charge is 0.161 e. The number of nitrogens with two attached hydrogens (primary N) is 5. The van der Waals surface area contributed by atoms with Crippen molar-refractivity contribution in [3.05, 3.63) is 447 Å². The number of allylic oxidation sites excluding steroid dienone is 1. The molecule has 5 heterocycles. The van der Waals surface area contributed by atoms with Crippen molar-refractivity contribution < 1.29 is 38.3 Å². The van der Waals surface area contributed by atoms with Crippen molar-refractivity contribution in [2.24, 2.45) is 0 Å². The van der Waals surface area contributed by atoms with E-state index in [0.29, 0.717) is 46.3 Å². The zero-order valence-corrected chi connectivity index (χ0v) is 73.7. The summed E-state index contributed by atoms with van der Waals surface area (Å²) in [6.45, 7) is 5.97. The molecule has 0 amide bonds. The van der Waals surface area contributed by atoms with Crippen LogP contribution in [0.1, 0.15) is 144 Å². The quantitative estimate of drug-likeness (QED) is 0.0214. The van der Waals surface area contributed by atoms with Crippen LogP contribution in [0.15, 0.2) is 346 Å². The second-order valence-corrected chi connectivity index (χ2v) is 30.6. The van der Waals surface area contributed by atoms with E-state index in [1.165, 1.54) is 55.6 Å². The first-order chi connectivity index (χ1) is 62.0. The number of aromatic nitrogens is 5. The number of rotatable bonds is 32. The highest BCUT2D eigenvalue weighted by atomic mass is 16.5. The molecular formula is C109H116N10O8. The lowest BCUT2D eigenvalue weighted by atomic mass is 9.88. The largest absolute Gasteiger partial charge is 0.497 e. The Balaban J connectivity index is 0.000000154.